The molecule has 24 heavy (non-hydrogen) atoms. The number of nitrogens with one attached hydrogen (secondary N) is 1. The highest BCUT2D eigenvalue weighted by Crippen LogP contribution is 2.27. The van der Waals surface area contributed by atoms with E-state index >= 15 is 0 Å². The lowest BCUT2D eigenvalue weighted by Gasteiger charge is -2.09. The fraction of sp³-hybridized carbons (Fsp3) is 0.0714. The molecule has 0 radical (unpaired) electrons. The van der Waals surface area contributed by atoms with Gasteiger partial charge in [-0.1, -0.05) is 12.1 Å². The molecule has 0 spiro atoms. The normalized spacial score (nSPS) is 11.0. The largest absolute Gasteiger partial charge is 0.375 e. The van der Waals surface area contributed by atoms with Crippen molar-refractivity contribution >= 4 is 27.3 Å². The molecule has 0 unspecified atom stereocenters. The van der Waals surface area contributed by atoms with Crippen LogP contribution in [0.3, 0.4) is 0 Å². The summed E-state index contributed by atoms with van der Waals surface area (Å²) in [4.78, 5) is 21.1. The monoisotopic (exact) mass is 350 g/mol. The van der Waals surface area contributed by atoms with Crippen molar-refractivity contribution in [2.45, 2.75) is 11.4 Å². The minimum Gasteiger partial charge on any atom is -0.375 e. The molecule has 0 saturated carbocycles. The summed E-state index contributed by atoms with van der Waals surface area (Å²) in [5.41, 5.74) is 5.98. The molecule has 126 valence electrons. The molecule has 5 N–H and O–H groups in total. The Morgan fingerprint density at radius 2 is 1.79 bits per heavy atom. The van der Waals surface area contributed by atoms with Crippen LogP contribution in [-0.2, 0) is 16.6 Å². The summed E-state index contributed by atoms with van der Waals surface area (Å²) in [5.74, 6) is -0.552. The summed E-state index contributed by atoms with van der Waals surface area (Å²) in [7, 11) is -4.03. The van der Waals surface area contributed by atoms with E-state index in [-0.39, 0.29) is 17.1 Å². The van der Waals surface area contributed by atoms with Crippen LogP contribution >= 0.6 is 0 Å². The Morgan fingerprint density at radius 1 is 1.17 bits per heavy atom. The number of primary amides is 1. The second-order valence-corrected chi connectivity index (χ2v) is 6.46. The molecule has 10 heteroatoms. The van der Waals surface area contributed by atoms with Crippen LogP contribution in [0, 0.1) is 10.1 Å². The second kappa shape index (κ2) is 6.64. The number of nitrogens with zero attached hydrogens (tertiary/aromatic N) is 1. The van der Waals surface area contributed by atoms with Crippen LogP contribution in [0.4, 0.5) is 11.4 Å². The Morgan fingerprint density at radius 3 is 2.29 bits per heavy atom. The van der Waals surface area contributed by atoms with E-state index in [9.17, 15) is 23.3 Å². The first kappa shape index (κ1) is 17.4. The van der Waals surface area contributed by atoms with Gasteiger partial charge >= 0.3 is 0 Å². The van der Waals surface area contributed by atoms with Gasteiger partial charge < -0.3 is 11.1 Å². The summed E-state index contributed by atoms with van der Waals surface area (Å²) < 4.78 is 22.6. The van der Waals surface area contributed by atoms with E-state index in [2.05, 4.69) is 5.32 Å². The molecule has 0 aliphatic rings. The van der Waals surface area contributed by atoms with Crippen molar-refractivity contribution in [2.24, 2.45) is 10.9 Å². The van der Waals surface area contributed by atoms with E-state index in [1.165, 1.54) is 24.3 Å². The highest BCUT2D eigenvalue weighted by Gasteiger charge is 2.18. The first-order valence-electron chi connectivity index (χ1n) is 6.62. The fourth-order valence-corrected chi connectivity index (χ4v) is 2.51. The van der Waals surface area contributed by atoms with Crippen LogP contribution in [-0.4, -0.2) is 19.2 Å². The van der Waals surface area contributed by atoms with Crippen LogP contribution in [0.2, 0.25) is 0 Å². The number of nitrogens with two attached hydrogens (primary N) is 2. The van der Waals surface area contributed by atoms with Crippen LogP contribution in [0.5, 0.6) is 0 Å². The number of carbonyl (C=O) groups is 1. The summed E-state index contributed by atoms with van der Waals surface area (Å²) in [6.07, 6.45) is 0. The molecule has 0 heterocycles. The van der Waals surface area contributed by atoms with Crippen molar-refractivity contribution < 1.29 is 18.1 Å². The highest BCUT2D eigenvalue weighted by molar-refractivity contribution is 7.89. The summed E-state index contributed by atoms with van der Waals surface area (Å²) in [6.45, 7) is 0.231. The van der Waals surface area contributed by atoms with Crippen molar-refractivity contribution in [3.05, 3.63) is 63.7 Å². The second-order valence-electron chi connectivity index (χ2n) is 4.90. The molecule has 1 amide bonds. The SMILES string of the molecule is NC(=O)c1ccc(CNc2ccc(S(N)(=O)=O)cc2[N+](=O)[O-])cc1. The summed E-state index contributed by atoms with van der Waals surface area (Å²) in [6, 6.07) is 9.73. The molecule has 0 aromatic heterocycles. The van der Waals surface area contributed by atoms with Crippen LogP contribution in [0.1, 0.15) is 15.9 Å². The predicted molar refractivity (Wildman–Crippen MR) is 86.8 cm³/mol. The number of benzene rings is 2. The van der Waals surface area contributed by atoms with Crippen LogP contribution < -0.4 is 16.2 Å². The van der Waals surface area contributed by atoms with Crippen molar-refractivity contribution in [2.75, 3.05) is 5.32 Å². The fourth-order valence-electron chi connectivity index (χ4n) is 1.97. The molecule has 0 fully saturated rings. The first-order chi connectivity index (χ1) is 11.2. The van der Waals surface area contributed by atoms with E-state index in [1.807, 2.05) is 0 Å². The molecular weight excluding hydrogens is 336 g/mol. The number of nitro benzene ring substituents is 1. The van der Waals surface area contributed by atoms with Gasteiger partial charge in [-0.15, -0.1) is 0 Å². The number of carbonyl (C=O) groups excluding carboxylic acids is 1. The Balaban J connectivity index is 2.23. The summed E-state index contributed by atoms with van der Waals surface area (Å²) >= 11 is 0. The third-order valence-corrected chi connectivity index (χ3v) is 4.13. The predicted octanol–water partition coefficient (Wildman–Crippen LogP) is 0.953. The van der Waals surface area contributed by atoms with Gasteiger partial charge in [0.15, 0.2) is 0 Å². The van der Waals surface area contributed by atoms with Gasteiger partial charge in [0.1, 0.15) is 5.69 Å². The molecule has 2 aromatic carbocycles. The van der Waals surface area contributed by atoms with E-state index in [0.717, 1.165) is 11.6 Å². The Hall–Kier alpha value is -2.98. The van der Waals surface area contributed by atoms with E-state index in [1.54, 1.807) is 12.1 Å². The van der Waals surface area contributed by atoms with E-state index in [4.69, 9.17) is 10.9 Å². The maximum Gasteiger partial charge on any atom is 0.293 e. The van der Waals surface area contributed by atoms with Crippen LogP contribution in [0.25, 0.3) is 0 Å². The molecule has 0 aliphatic heterocycles. The number of hydrogen-bond donors (Lipinski definition) is 3. The topological polar surface area (TPSA) is 158 Å². The smallest absolute Gasteiger partial charge is 0.293 e. The van der Waals surface area contributed by atoms with Crippen molar-refractivity contribution in [1.82, 2.24) is 0 Å². The Labute approximate surface area is 137 Å². The lowest BCUT2D eigenvalue weighted by atomic mass is 10.1. The van der Waals surface area contributed by atoms with E-state index < -0.39 is 26.5 Å². The maximum absolute atomic E-state index is 11.3. The number of primary sulfonamides is 1. The minimum absolute atomic E-state index is 0.145. The molecule has 0 bridgehead atoms. The molecule has 0 saturated heterocycles. The van der Waals surface area contributed by atoms with Gasteiger partial charge in [0, 0.05) is 18.2 Å². The zero-order valence-corrected chi connectivity index (χ0v) is 13.1. The molecule has 0 aliphatic carbocycles. The standard InChI is InChI=1S/C14H14N4O5S/c15-14(19)10-3-1-9(2-4-10)8-17-12-6-5-11(24(16,22)23)7-13(12)18(20)21/h1-7,17H,8H2,(H2,15,19)(H2,16,22,23). The van der Waals surface area contributed by atoms with Crippen molar-refractivity contribution in [1.29, 1.82) is 0 Å². The number of hydrogen-bond acceptors (Lipinski definition) is 6. The lowest BCUT2D eigenvalue weighted by Crippen LogP contribution is -2.13. The minimum atomic E-state index is -4.03. The first-order valence-corrected chi connectivity index (χ1v) is 8.17. The zero-order valence-electron chi connectivity index (χ0n) is 12.3. The Kier molecular flexibility index (Phi) is 4.81. The average molecular weight is 350 g/mol. The van der Waals surface area contributed by atoms with Gasteiger partial charge in [0.05, 0.1) is 9.82 Å². The molecule has 2 rings (SSSR count). The number of anilines is 1. The molecular formula is C14H14N4O5S. The number of rotatable bonds is 6. The molecule has 9 nitrogen and oxygen atoms in total. The van der Waals surface area contributed by atoms with Gasteiger partial charge in [0.2, 0.25) is 15.9 Å². The molecule has 2 aromatic rings. The summed E-state index contributed by atoms with van der Waals surface area (Å²) in [5, 5.41) is 18.9. The third-order valence-electron chi connectivity index (χ3n) is 3.22. The maximum atomic E-state index is 11.3. The Bertz CT molecular complexity index is 894. The van der Waals surface area contributed by atoms with Gasteiger partial charge in [-0.2, -0.15) is 0 Å². The van der Waals surface area contributed by atoms with Gasteiger partial charge in [-0.25, -0.2) is 13.6 Å². The third kappa shape index (κ3) is 4.06. The highest BCUT2D eigenvalue weighted by atomic mass is 32.2. The lowest BCUT2D eigenvalue weighted by molar-refractivity contribution is -0.384. The van der Waals surface area contributed by atoms with Gasteiger partial charge in [0.25, 0.3) is 5.69 Å². The van der Waals surface area contributed by atoms with E-state index in [0.29, 0.717) is 5.56 Å². The average Bonchev–Trinajstić information content (AvgIpc) is 2.52. The van der Waals surface area contributed by atoms with Crippen molar-refractivity contribution in [3.63, 3.8) is 0 Å². The number of nitro groups is 1. The van der Waals surface area contributed by atoms with Crippen molar-refractivity contribution in [3.8, 4) is 0 Å². The quantitative estimate of drug-likeness (QED) is 0.519. The van der Waals surface area contributed by atoms with Gasteiger partial charge in [-0.3, -0.25) is 14.9 Å². The van der Waals surface area contributed by atoms with Crippen LogP contribution in [0.15, 0.2) is 47.4 Å². The number of sulfonamides is 1. The molecule has 0 atom stereocenters. The van der Waals surface area contributed by atoms with Gasteiger partial charge in [-0.05, 0) is 29.8 Å². The zero-order chi connectivity index (χ0) is 17.9. The number of amides is 1.